The number of alkyl halides is 3. The van der Waals surface area contributed by atoms with Crippen molar-refractivity contribution in [2.75, 3.05) is 39.4 Å². The minimum atomic E-state index is -4.85. The zero-order valence-corrected chi connectivity index (χ0v) is 18.1. The smallest absolute Gasteiger partial charge is 0.379 e. The molecule has 0 radical (unpaired) electrons. The number of hydrogen-bond donors (Lipinski definition) is 0. The molecule has 1 saturated carbocycles. The molecule has 4 rings (SSSR count). The van der Waals surface area contributed by atoms with Crippen molar-refractivity contribution in [3.63, 3.8) is 0 Å². The van der Waals surface area contributed by atoms with E-state index in [4.69, 9.17) is 4.74 Å². The Labute approximate surface area is 180 Å². The van der Waals surface area contributed by atoms with Crippen molar-refractivity contribution >= 4 is 15.9 Å². The second kappa shape index (κ2) is 8.71. The molecule has 31 heavy (non-hydrogen) atoms. The third-order valence-electron chi connectivity index (χ3n) is 6.70. The molecule has 3 aliphatic rings. The molecule has 172 valence electrons. The molecule has 6 nitrogen and oxygen atoms in total. The fraction of sp³-hybridized carbons (Fsp3) is 0.667. The third kappa shape index (κ3) is 4.61. The van der Waals surface area contributed by atoms with Crippen LogP contribution in [0.25, 0.3) is 0 Å². The molecule has 0 N–H and O–H groups in total. The summed E-state index contributed by atoms with van der Waals surface area (Å²) in [6.45, 7) is 1.33. The van der Waals surface area contributed by atoms with Crippen molar-refractivity contribution in [3.8, 4) is 0 Å². The molecule has 2 heterocycles. The molecular formula is C21H27F3N2O4S. The Morgan fingerprint density at radius 3 is 2.35 bits per heavy atom. The largest absolute Gasteiger partial charge is 0.417 e. The molecule has 2 saturated heterocycles. The number of carbonyl (C=O) groups excluding carboxylic acids is 1. The van der Waals surface area contributed by atoms with Crippen molar-refractivity contribution in [1.82, 2.24) is 9.21 Å². The normalized spacial score (nSPS) is 25.8. The third-order valence-corrected chi connectivity index (χ3v) is 8.64. The van der Waals surface area contributed by atoms with Gasteiger partial charge in [-0.25, -0.2) is 8.42 Å². The van der Waals surface area contributed by atoms with Gasteiger partial charge in [0.25, 0.3) is 5.91 Å². The van der Waals surface area contributed by atoms with Crippen LogP contribution in [0.5, 0.6) is 0 Å². The average molecular weight is 461 g/mol. The standard InChI is InChI=1S/C21H27F3N2O4S/c22-21(23,24)18-6-5-16(13-19(18)31(28,29)26-9-11-30-12-10-26)20(27)25-8-7-15-3-1-2-4-17(15)14-25/h5-6,13,15,17H,1-4,7-12,14H2/t15-,17-/m0/s1. The first-order valence-electron chi connectivity index (χ1n) is 10.8. The van der Waals surface area contributed by atoms with E-state index in [2.05, 4.69) is 0 Å². The summed E-state index contributed by atoms with van der Waals surface area (Å²) in [4.78, 5) is 13.9. The quantitative estimate of drug-likeness (QED) is 0.694. The maximum Gasteiger partial charge on any atom is 0.417 e. The Bertz CT molecular complexity index is 929. The van der Waals surface area contributed by atoms with Gasteiger partial charge in [0.15, 0.2) is 0 Å². The molecular weight excluding hydrogens is 433 g/mol. The van der Waals surface area contributed by atoms with Crippen LogP contribution in [0, 0.1) is 11.8 Å². The lowest BCUT2D eigenvalue weighted by molar-refractivity contribution is -0.140. The number of benzene rings is 1. The first-order chi connectivity index (χ1) is 14.7. The van der Waals surface area contributed by atoms with Crippen LogP contribution in [0.4, 0.5) is 13.2 Å². The lowest BCUT2D eigenvalue weighted by Gasteiger charge is -2.41. The first kappa shape index (κ1) is 22.5. The zero-order valence-electron chi connectivity index (χ0n) is 17.2. The van der Waals surface area contributed by atoms with Crippen LogP contribution in [0.1, 0.15) is 48.0 Å². The van der Waals surface area contributed by atoms with Gasteiger partial charge in [0, 0.05) is 31.7 Å². The minimum absolute atomic E-state index is 0.0194. The van der Waals surface area contributed by atoms with Gasteiger partial charge in [0.2, 0.25) is 10.0 Å². The van der Waals surface area contributed by atoms with E-state index in [1.54, 1.807) is 4.90 Å². The number of ether oxygens (including phenoxy) is 1. The van der Waals surface area contributed by atoms with Crippen molar-refractivity contribution in [1.29, 1.82) is 0 Å². The highest BCUT2D eigenvalue weighted by Gasteiger charge is 2.40. The number of rotatable bonds is 3. The van der Waals surface area contributed by atoms with Gasteiger partial charge in [-0.2, -0.15) is 17.5 Å². The Morgan fingerprint density at radius 1 is 1.00 bits per heavy atom. The van der Waals surface area contributed by atoms with Crippen molar-refractivity contribution in [2.24, 2.45) is 11.8 Å². The monoisotopic (exact) mass is 460 g/mol. The Kier molecular flexibility index (Phi) is 6.33. The number of amides is 1. The predicted molar refractivity (Wildman–Crippen MR) is 107 cm³/mol. The predicted octanol–water partition coefficient (Wildman–Crippen LogP) is 3.38. The highest BCUT2D eigenvalue weighted by atomic mass is 32.2. The number of halogens is 3. The molecule has 1 amide bonds. The van der Waals surface area contributed by atoms with Crippen LogP contribution >= 0.6 is 0 Å². The molecule has 0 spiro atoms. The Morgan fingerprint density at radius 2 is 1.68 bits per heavy atom. The number of fused-ring (bicyclic) bond motifs is 1. The molecule has 0 unspecified atom stereocenters. The molecule has 0 bridgehead atoms. The van der Waals surface area contributed by atoms with Gasteiger partial charge in [0.05, 0.1) is 23.7 Å². The summed E-state index contributed by atoms with van der Waals surface area (Å²) in [5.41, 5.74) is -1.27. The first-order valence-corrected chi connectivity index (χ1v) is 12.2. The summed E-state index contributed by atoms with van der Waals surface area (Å²) >= 11 is 0. The zero-order chi connectivity index (χ0) is 22.2. The number of piperidine rings is 1. The number of nitrogens with zero attached hydrogens (tertiary/aromatic N) is 2. The summed E-state index contributed by atoms with van der Waals surface area (Å²) in [7, 11) is -4.42. The van der Waals surface area contributed by atoms with Crippen molar-refractivity contribution in [2.45, 2.75) is 43.2 Å². The number of carbonyl (C=O) groups is 1. The average Bonchev–Trinajstić information content (AvgIpc) is 2.78. The van der Waals surface area contributed by atoms with Crippen molar-refractivity contribution < 1.29 is 31.1 Å². The summed E-state index contributed by atoms with van der Waals surface area (Å²) in [5.74, 6) is 0.608. The second-order valence-electron chi connectivity index (χ2n) is 8.57. The number of morpholine rings is 1. The number of sulfonamides is 1. The van der Waals surface area contributed by atoms with Crippen LogP contribution < -0.4 is 0 Å². The topological polar surface area (TPSA) is 66.9 Å². The minimum Gasteiger partial charge on any atom is -0.379 e. The van der Waals surface area contributed by atoms with E-state index in [1.165, 1.54) is 6.42 Å². The SMILES string of the molecule is O=C(c1ccc(C(F)(F)F)c(S(=O)(=O)N2CCOCC2)c1)N1CC[C@@H]2CCCC[C@H]2C1. The highest BCUT2D eigenvalue weighted by Crippen LogP contribution is 2.38. The van der Waals surface area contributed by atoms with Gasteiger partial charge in [-0.1, -0.05) is 19.3 Å². The fourth-order valence-corrected chi connectivity index (χ4v) is 6.64. The number of hydrogen-bond acceptors (Lipinski definition) is 4. The van der Waals surface area contributed by atoms with Crippen LogP contribution in [0.2, 0.25) is 0 Å². The van der Waals surface area contributed by atoms with E-state index in [0.717, 1.165) is 42.1 Å². The van der Waals surface area contributed by atoms with E-state index in [9.17, 15) is 26.4 Å². The lowest BCUT2D eigenvalue weighted by atomic mass is 9.75. The van der Waals surface area contributed by atoms with Crippen LogP contribution in [-0.4, -0.2) is 62.9 Å². The van der Waals surface area contributed by atoms with E-state index in [1.807, 2.05) is 0 Å². The summed E-state index contributed by atoms with van der Waals surface area (Å²) in [6.07, 6.45) is 0.585. The molecule has 10 heteroatoms. The van der Waals surface area contributed by atoms with E-state index < -0.39 is 32.6 Å². The van der Waals surface area contributed by atoms with Gasteiger partial charge < -0.3 is 9.64 Å². The molecule has 1 aliphatic carbocycles. The van der Waals surface area contributed by atoms with Crippen LogP contribution in [0.15, 0.2) is 23.1 Å². The van der Waals surface area contributed by atoms with Crippen LogP contribution in [-0.2, 0) is 20.9 Å². The van der Waals surface area contributed by atoms with E-state index >= 15 is 0 Å². The second-order valence-corrected chi connectivity index (χ2v) is 10.5. The molecule has 2 aliphatic heterocycles. The van der Waals surface area contributed by atoms with Gasteiger partial charge in [-0.3, -0.25) is 4.79 Å². The summed E-state index contributed by atoms with van der Waals surface area (Å²) < 4.78 is 73.0. The molecule has 2 atom stereocenters. The highest BCUT2D eigenvalue weighted by molar-refractivity contribution is 7.89. The van der Waals surface area contributed by atoms with Gasteiger partial charge in [-0.15, -0.1) is 0 Å². The van der Waals surface area contributed by atoms with Gasteiger partial charge in [-0.05, 0) is 42.9 Å². The van der Waals surface area contributed by atoms with Gasteiger partial charge >= 0.3 is 6.18 Å². The van der Waals surface area contributed by atoms with E-state index in [-0.39, 0.29) is 31.9 Å². The van der Waals surface area contributed by atoms with Gasteiger partial charge in [0.1, 0.15) is 0 Å². The Hall–Kier alpha value is -1.65. The number of likely N-dealkylation sites (tertiary alicyclic amines) is 1. The molecule has 0 aromatic heterocycles. The maximum absolute atomic E-state index is 13.6. The summed E-state index contributed by atoms with van der Waals surface area (Å²) in [5, 5.41) is 0. The molecule has 1 aromatic rings. The maximum atomic E-state index is 13.6. The molecule has 1 aromatic carbocycles. The fourth-order valence-electron chi connectivity index (χ4n) is 5.00. The van der Waals surface area contributed by atoms with Crippen molar-refractivity contribution in [3.05, 3.63) is 29.3 Å². The lowest BCUT2D eigenvalue weighted by Crippen LogP contribution is -2.45. The molecule has 3 fully saturated rings. The van der Waals surface area contributed by atoms with Crippen LogP contribution in [0.3, 0.4) is 0 Å². The Balaban J connectivity index is 1.65. The van der Waals surface area contributed by atoms with E-state index in [0.29, 0.717) is 31.0 Å². The summed E-state index contributed by atoms with van der Waals surface area (Å²) in [6, 6.07) is 2.72.